The van der Waals surface area contributed by atoms with E-state index in [1.165, 1.54) is 19.3 Å². The predicted molar refractivity (Wildman–Crippen MR) is 103 cm³/mol. The second-order valence-electron chi connectivity index (χ2n) is 7.02. The number of hydrogen-bond acceptors (Lipinski definition) is 4. The monoisotopic (exact) mass is 365 g/mol. The number of amides is 1. The molecule has 2 aliphatic rings. The average Bonchev–Trinajstić information content (AvgIpc) is 2.63. The Morgan fingerprint density at radius 1 is 1.28 bits per heavy atom. The van der Waals surface area contributed by atoms with E-state index in [1.54, 1.807) is 0 Å². The molecular weight excluding hydrogens is 338 g/mol. The first kappa shape index (κ1) is 18.3. The molecule has 25 heavy (non-hydrogen) atoms. The van der Waals surface area contributed by atoms with Gasteiger partial charge in [0.1, 0.15) is 0 Å². The zero-order chi connectivity index (χ0) is 17.6. The molecule has 0 unspecified atom stereocenters. The van der Waals surface area contributed by atoms with Gasteiger partial charge in [0.05, 0.1) is 36.2 Å². The van der Waals surface area contributed by atoms with E-state index >= 15 is 0 Å². The van der Waals surface area contributed by atoms with Crippen LogP contribution in [0.2, 0.25) is 5.02 Å². The normalized spacial score (nSPS) is 24.0. The maximum Gasteiger partial charge on any atom is 0.239 e. The van der Waals surface area contributed by atoms with Crippen LogP contribution < -0.4 is 15.5 Å². The number of carbonyl (C=O) groups excluding carboxylic acids is 1. The molecule has 1 aliphatic carbocycles. The molecule has 1 heterocycles. The first-order valence-corrected chi connectivity index (χ1v) is 9.67. The van der Waals surface area contributed by atoms with Crippen LogP contribution in [0.1, 0.15) is 32.6 Å². The molecule has 0 spiro atoms. The highest BCUT2D eigenvalue weighted by molar-refractivity contribution is 6.34. The van der Waals surface area contributed by atoms with Gasteiger partial charge in [-0.2, -0.15) is 0 Å². The Balaban J connectivity index is 1.60. The molecule has 6 heteroatoms. The van der Waals surface area contributed by atoms with Crippen molar-refractivity contribution in [3.63, 3.8) is 0 Å². The molecule has 0 bridgehead atoms. The van der Waals surface area contributed by atoms with Gasteiger partial charge in [0.15, 0.2) is 0 Å². The summed E-state index contributed by atoms with van der Waals surface area (Å²) < 4.78 is 5.42. The van der Waals surface area contributed by atoms with Crippen molar-refractivity contribution in [2.75, 3.05) is 43.1 Å². The van der Waals surface area contributed by atoms with E-state index in [4.69, 9.17) is 16.3 Å². The standard InChI is InChI=1S/C19H28ClN3O2/c1-14-5-2-3-7-16(14)22-18(24)13-21-17-8-4-6-15(20)19(17)23-9-11-25-12-10-23/h4,6,8,14,16,21H,2-3,5,7,9-13H2,1H3,(H,22,24)/t14-,16-/m1/s1. The van der Waals surface area contributed by atoms with Gasteiger partial charge in [-0.1, -0.05) is 37.4 Å². The molecule has 2 N–H and O–H groups in total. The summed E-state index contributed by atoms with van der Waals surface area (Å²) in [5.41, 5.74) is 1.87. The summed E-state index contributed by atoms with van der Waals surface area (Å²) in [5.74, 6) is 0.611. The van der Waals surface area contributed by atoms with Crippen LogP contribution in [0.3, 0.4) is 0 Å². The lowest BCUT2D eigenvalue weighted by Gasteiger charge is -2.32. The largest absolute Gasteiger partial charge is 0.378 e. The number of benzene rings is 1. The van der Waals surface area contributed by atoms with Gasteiger partial charge in [0.25, 0.3) is 0 Å². The van der Waals surface area contributed by atoms with Crippen LogP contribution in [0.5, 0.6) is 0 Å². The topological polar surface area (TPSA) is 53.6 Å². The Bertz CT molecular complexity index is 590. The van der Waals surface area contributed by atoms with E-state index < -0.39 is 0 Å². The molecule has 2 fully saturated rings. The molecule has 0 aromatic heterocycles. The highest BCUT2D eigenvalue weighted by Crippen LogP contribution is 2.34. The zero-order valence-corrected chi connectivity index (χ0v) is 15.6. The molecule has 1 aliphatic heterocycles. The van der Waals surface area contributed by atoms with E-state index in [9.17, 15) is 4.79 Å². The van der Waals surface area contributed by atoms with Crippen molar-refractivity contribution in [3.05, 3.63) is 23.2 Å². The number of carbonyl (C=O) groups is 1. The number of morpholine rings is 1. The molecular formula is C19H28ClN3O2. The summed E-state index contributed by atoms with van der Waals surface area (Å²) >= 11 is 6.43. The van der Waals surface area contributed by atoms with Crippen molar-refractivity contribution in [1.82, 2.24) is 5.32 Å². The second-order valence-corrected chi connectivity index (χ2v) is 7.43. The van der Waals surface area contributed by atoms with Gasteiger partial charge in [0, 0.05) is 19.1 Å². The van der Waals surface area contributed by atoms with Gasteiger partial charge >= 0.3 is 0 Å². The highest BCUT2D eigenvalue weighted by atomic mass is 35.5. The lowest BCUT2D eigenvalue weighted by Crippen LogP contribution is -2.43. The van der Waals surface area contributed by atoms with Crippen molar-refractivity contribution in [2.24, 2.45) is 5.92 Å². The summed E-state index contributed by atoms with van der Waals surface area (Å²) in [5, 5.41) is 7.16. The Morgan fingerprint density at radius 3 is 2.80 bits per heavy atom. The molecule has 0 radical (unpaired) electrons. The van der Waals surface area contributed by atoms with E-state index in [0.29, 0.717) is 30.2 Å². The third kappa shape index (κ3) is 4.79. The fourth-order valence-electron chi connectivity index (χ4n) is 3.73. The van der Waals surface area contributed by atoms with E-state index in [-0.39, 0.29) is 12.5 Å². The quantitative estimate of drug-likeness (QED) is 0.840. The summed E-state index contributed by atoms with van der Waals surface area (Å²) in [7, 11) is 0. The number of nitrogens with zero attached hydrogens (tertiary/aromatic N) is 1. The number of ether oxygens (including phenoxy) is 1. The summed E-state index contributed by atoms with van der Waals surface area (Å²) in [6.45, 7) is 5.51. The maximum absolute atomic E-state index is 12.4. The van der Waals surface area contributed by atoms with Gasteiger partial charge in [-0.25, -0.2) is 0 Å². The minimum Gasteiger partial charge on any atom is -0.378 e. The van der Waals surface area contributed by atoms with Crippen molar-refractivity contribution in [2.45, 2.75) is 38.6 Å². The fourth-order valence-corrected chi connectivity index (χ4v) is 4.02. The first-order chi connectivity index (χ1) is 12.1. The van der Waals surface area contributed by atoms with E-state index in [0.717, 1.165) is 30.9 Å². The van der Waals surface area contributed by atoms with Crippen molar-refractivity contribution < 1.29 is 9.53 Å². The summed E-state index contributed by atoms with van der Waals surface area (Å²) in [4.78, 5) is 14.6. The Morgan fingerprint density at radius 2 is 2.04 bits per heavy atom. The molecule has 1 amide bonds. The van der Waals surface area contributed by atoms with Gasteiger partial charge < -0.3 is 20.3 Å². The second kappa shape index (κ2) is 8.77. The number of halogens is 1. The average molecular weight is 366 g/mol. The predicted octanol–water partition coefficient (Wildman–Crippen LogP) is 3.28. The highest BCUT2D eigenvalue weighted by Gasteiger charge is 2.23. The van der Waals surface area contributed by atoms with Crippen LogP contribution >= 0.6 is 11.6 Å². The minimum absolute atomic E-state index is 0.0478. The summed E-state index contributed by atoms with van der Waals surface area (Å²) in [6, 6.07) is 6.09. The molecule has 2 atom stereocenters. The van der Waals surface area contributed by atoms with Crippen LogP contribution in [0, 0.1) is 5.92 Å². The molecule has 1 saturated carbocycles. The van der Waals surface area contributed by atoms with Gasteiger partial charge in [0.2, 0.25) is 5.91 Å². The van der Waals surface area contributed by atoms with E-state index in [2.05, 4.69) is 22.5 Å². The van der Waals surface area contributed by atoms with Gasteiger partial charge in [-0.05, 0) is 30.9 Å². The number of para-hydroxylation sites is 1. The molecule has 3 rings (SSSR count). The van der Waals surface area contributed by atoms with Gasteiger partial charge in [-0.3, -0.25) is 4.79 Å². The van der Waals surface area contributed by atoms with E-state index in [1.807, 2.05) is 18.2 Å². The van der Waals surface area contributed by atoms with Crippen LogP contribution in [0.25, 0.3) is 0 Å². The van der Waals surface area contributed by atoms with Crippen LogP contribution in [-0.4, -0.2) is 44.8 Å². The lowest BCUT2D eigenvalue weighted by atomic mass is 9.86. The third-order valence-corrected chi connectivity index (χ3v) is 5.52. The molecule has 1 saturated heterocycles. The first-order valence-electron chi connectivity index (χ1n) is 9.29. The fraction of sp³-hybridized carbons (Fsp3) is 0.632. The number of rotatable bonds is 5. The SMILES string of the molecule is C[C@@H]1CCCC[C@H]1NC(=O)CNc1cccc(Cl)c1N1CCOCC1. The van der Waals surface area contributed by atoms with Crippen LogP contribution in [0.15, 0.2) is 18.2 Å². The molecule has 5 nitrogen and oxygen atoms in total. The molecule has 1 aromatic carbocycles. The van der Waals surface area contributed by atoms with Crippen molar-refractivity contribution in [3.8, 4) is 0 Å². The summed E-state index contributed by atoms with van der Waals surface area (Å²) in [6.07, 6.45) is 4.77. The molecule has 138 valence electrons. The maximum atomic E-state index is 12.4. The minimum atomic E-state index is 0.0478. The third-order valence-electron chi connectivity index (χ3n) is 5.21. The zero-order valence-electron chi connectivity index (χ0n) is 14.9. The lowest BCUT2D eigenvalue weighted by molar-refractivity contribution is -0.120. The molecule has 1 aromatic rings. The number of hydrogen-bond donors (Lipinski definition) is 2. The number of anilines is 2. The number of nitrogens with one attached hydrogen (secondary N) is 2. The van der Waals surface area contributed by atoms with Crippen LogP contribution in [0.4, 0.5) is 11.4 Å². The van der Waals surface area contributed by atoms with Gasteiger partial charge in [-0.15, -0.1) is 0 Å². The van der Waals surface area contributed by atoms with Crippen LogP contribution in [-0.2, 0) is 9.53 Å². The Labute approximate surface area is 155 Å². The van der Waals surface area contributed by atoms with Crippen molar-refractivity contribution in [1.29, 1.82) is 0 Å². The van der Waals surface area contributed by atoms with Crippen molar-refractivity contribution >= 4 is 28.9 Å². The Kier molecular flexibility index (Phi) is 6.43. The Hall–Kier alpha value is -1.46. The smallest absolute Gasteiger partial charge is 0.239 e.